The van der Waals surface area contributed by atoms with Gasteiger partial charge >= 0.3 is 0 Å². The number of hydrogen-bond acceptors (Lipinski definition) is 5. The van der Waals surface area contributed by atoms with Crippen molar-refractivity contribution in [2.75, 3.05) is 0 Å². The minimum Gasteiger partial charge on any atom is -0.346 e. The molecule has 2 aromatic rings. The smallest absolute Gasteiger partial charge is 0.274 e. The number of thiophene rings is 1. The highest BCUT2D eigenvalue weighted by Gasteiger charge is 2.32. The molecule has 8 heteroatoms. The van der Waals surface area contributed by atoms with Crippen LogP contribution in [0.3, 0.4) is 0 Å². The first kappa shape index (κ1) is 15.7. The zero-order valence-electron chi connectivity index (χ0n) is 13.1. The molecule has 7 nitrogen and oxygen atoms in total. The molecule has 0 spiro atoms. The van der Waals surface area contributed by atoms with Gasteiger partial charge in [0.15, 0.2) is 11.4 Å². The van der Waals surface area contributed by atoms with Gasteiger partial charge in [0, 0.05) is 10.9 Å². The Bertz CT molecular complexity index is 708. The van der Waals surface area contributed by atoms with E-state index >= 15 is 0 Å². The molecule has 122 valence electrons. The van der Waals surface area contributed by atoms with Crippen molar-refractivity contribution in [2.45, 2.75) is 39.4 Å². The quantitative estimate of drug-likeness (QED) is 0.866. The molecule has 3 heterocycles. The van der Waals surface area contributed by atoms with Gasteiger partial charge in [0.05, 0.1) is 13.1 Å². The maximum Gasteiger partial charge on any atom is 0.274 e. The lowest BCUT2D eigenvalue weighted by Crippen LogP contribution is -2.46. The van der Waals surface area contributed by atoms with Crippen molar-refractivity contribution in [1.29, 1.82) is 0 Å². The summed E-state index contributed by atoms with van der Waals surface area (Å²) in [5, 5.41) is 15.5. The molecule has 3 rings (SSSR count). The van der Waals surface area contributed by atoms with E-state index < -0.39 is 0 Å². The number of hydrogen-bond donors (Lipinski definition) is 2. The molecule has 1 aliphatic heterocycles. The fraction of sp³-hybridized carbons (Fsp3) is 0.467. The second kappa shape index (κ2) is 6.49. The summed E-state index contributed by atoms with van der Waals surface area (Å²) in [7, 11) is 0. The Morgan fingerprint density at radius 1 is 1.57 bits per heavy atom. The second-order valence-electron chi connectivity index (χ2n) is 6.03. The SMILES string of the molecule is CC(C)C[C@H]1Cn2nnc(C(=O)NCc3cccs3)c2C(=O)N1. The number of nitrogens with zero attached hydrogens (tertiary/aromatic N) is 3. The summed E-state index contributed by atoms with van der Waals surface area (Å²) in [6.45, 7) is 5.17. The number of carbonyl (C=O) groups is 2. The van der Waals surface area contributed by atoms with Gasteiger partial charge in [0.25, 0.3) is 11.8 Å². The molecule has 0 aliphatic carbocycles. The molecule has 2 amide bonds. The highest BCUT2D eigenvalue weighted by atomic mass is 32.1. The van der Waals surface area contributed by atoms with Gasteiger partial charge in [-0.25, -0.2) is 4.68 Å². The van der Waals surface area contributed by atoms with E-state index in [0.717, 1.165) is 11.3 Å². The van der Waals surface area contributed by atoms with Crippen molar-refractivity contribution >= 4 is 23.2 Å². The first-order valence-electron chi connectivity index (χ1n) is 7.59. The molecule has 23 heavy (non-hydrogen) atoms. The molecule has 0 aromatic carbocycles. The van der Waals surface area contributed by atoms with Crippen LogP contribution in [0.15, 0.2) is 17.5 Å². The van der Waals surface area contributed by atoms with E-state index in [9.17, 15) is 9.59 Å². The van der Waals surface area contributed by atoms with Crippen LogP contribution < -0.4 is 10.6 Å². The standard InChI is InChI=1S/C15H19N5O2S/c1-9(2)6-10-8-20-13(15(22)17-10)12(18-19-20)14(21)16-7-11-4-3-5-23-11/h3-5,9-10H,6-8H2,1-2H3,(H,16,21)(H,17,22)/t10-/m0/s1. The predicted octanol–water partition coefficient (Wildman–Crippen LogP) is 1.43. The Labute approximate surface area is 138 Å². The summed E-state index contributed by atoms with van der Waals surface area (Å²) in [5.41, 5.74) is 0.329. The summed E-state index contributed by atoms with van der Waals surface area (Å²) in [6.07, 6.45) is 0.866. The van der Waals surface area contributed by atoms with Gasteiger partial charge < -0.3 is 10.6 Å². The highest BCUT2D eigenvalue weighted by molar-refractivity contribution is 7.09. The van der Waals surface area contributed by atoms with Gasteiger partial charge in [-0.2, -0.15) is 0 Å². The lowest BCUT2D eigenvalue weighted by Gasteiger charge is -2.25. The average Bonchev–Trinajstić information content (AvgIpc) is 3.13. The monoisotopic (exact) mass is 333 g/mol. The molecule has 0 radical (unpaired) electrons. The molecule has 1 aliphatic rings. The van der Waals surface area contributed by atoms with E-state index in [1.165, 1.54) is 4.68 Å². The minimum absolute atomic E-state index is 0.0266. The second-order valence-corrected chi connectivity index (χ2v) is 7.06. The van der Waals surface area contributed by atoms with Crippen LogP contribution in [0, 0.1) is 5.92 Å². The predicted molar refractivity (Wildman–Crippen MR) is 86.2 cm³/mol. The molecule has 0 bridgehead atoms. The number of fused-ring (bicyclic) bond motifs is 1. The fourth-order valence-electron chi connectivity index (χ4n) is 2.69. The summed E-state index contributed by atoms with van der Waals surface area (Å²) in [5.74, 6) is -0.191. The Morgan fingerprint density at radius 2 is 2.39 bits per heavy atom. The van der Waals surface area contributed by atoms with Crippen LogP contribution in [0.1, 0.15) is 46.1 Å². The maximum absolute atomic E-state index is 12.3. The Hall–Kier alpha value is -2.22. The lowest BCUT2D eigenvalue weighted by atomic mass is 10.0. The van der Waals surface area contributed by atoms with Crippen LogP contribution in [-0.2, 0) is 13.1 Å². The number of amides is 2. The van der Waals surface area contributed by atoms with Gasteiger partial charge in [-0.15, -0.1) is 16.4 Å². The number of rotatable bonds is 5. The molecule has 1 atom stereocenters. The van der Waals surface area contributed by atoms with E-state index in [2.05, 4.69) is 34.8 Å². The van der Waals surface area contributed by atoms with Gasteiger partial charge in [-0.05, 0) is 23.8 Å². The Morgan fingerprint density at radius 3 is 3.09 bits per heavy atom. The summed E-state index contributed by atoms with van der Waals surface area (Å²) in [4.78, 5) is 25.6. The van der Waals surface area contributed by atoms with Gasteiger partial charge in [-0.1, -0.05) is 25.1 Å². The van der Waals surface area contributed by atoms with E-state index in [4.69, 9.17) is 0 Å². The summed E-state index contributed by atoms with van der Waals surface area (Å²) >= 11 is 1.56. The van der Waals surface area contributed by atoms with Gasteiger partial charge in [-0.3, -0.25) is 9.59 Å². The molecule has 0 fully saturated rings. The third-order valence-electron chi connectivity index (χ3n) is 3.65. The van der Waals surface area contributed by atoms with E-state index in [0.29, 0.717) is 19.0 Å². The van der Waals surface area contributed by atoms with Crippen molar-refractivity contribution < 1.29 is 9.59 Å². The van der Waals surface area contributed by atoms with Crippen molar-refractivity contribution in [3.63, 3.8) is 0 Å². The van der Waals surface area contributed by atoms with E-state index in [1.807, 2.05) is 17.5 Å². The first-order valence-corrected chi connectivity index (χ1v) is 8.47. The average molecular weight is 333 g/mol. The van der Waals surface area contributed by atoms with Crippen molar-refractivity contribution in [1.82, 2.24) is 25.6 Å². The van der Waals surface area contributed by atoms with Gasteiger partial charge in [0.2, 0.25) is 0 Å². The third kappa shape index (κ3) is 3.42. The molecular formula is C15H19N5O2S. The molecule has 2 aromatic heterocycles. The maximum atomic E-state index is 12.3. The zero-order chi connectivity index (χ0) is 16.4. The molecular weight excluding hydrogens is 314 g/mol. The van der Waals surface area contributed by atoms with Crippen LogP contribution in [0.2, 0.25) is 0 Å². The first-order chi connectivity index (χ1) is 11.0. The summed E-state index contributed by atoms with van der Waals surface area (Å²) in [6, 6.07) is 3.89. The summed E-state index contributed by atoms with van der Waals surface area (Å²) < 4.78 is 1.53. The molecule has 0 saturated carbocycles. The Balaban J connectivity index is 1.72. The van der Waals surface area contributed by atoms with E-state index in [1.54, 1.807) is 11.3 Å². The normalized spacial score (nSPS) is 17.0. The number of carbonyl (C=O) groups excluding carboxylic acids is 2. The van der Waals surface area contributed by atoms with Crippen LogP contribution >= 0.6 is 11.3 Å². The zero-order valence-corrected chi connectivity index (χ0v) is 13.9. The molecule has 0 unspecified atom stereocenters. The number of aromatic nitrogens is 3. The van der Waals surface area contributed by atoms with Crippen molar-refractivity contribution in [3.05, 3.63) is 33.8 Å². The van der Waals surface area contributed by atoms with Crippen LogP contribution in [0.25, 0.3) is 0 Å². The largest absolute Gasteiger partial charge is 0.346 e. The van der Waals surface area contributed by atoms with Gasteiger partial charge in [0.1, 0.15) is 0 Å². The number of nitrogens with one attached hydrogen (secondary N) is 2. The van der Waals surface area contributed by atoms with Crippen LogP contribution in [-0.4, -0.2) is 32.9 Å². The fourth-order valence-corrected chi connectivity index (χ4v) is 3.34. The van der Waals surface area contributed by atoms with Crippen LogP contribution in [0.5, 0.6) is 0 Å². The molecule has 2 N–H and O–H groups in total. The lowest BCUT2D eigenvalue weighted by molar-refractivity contribution is 0.0870. The van der Waals surface area contributed by atoms with Crippen LogP contribution in [0.4, 0.5) is 0 Å². The van der Waals surface area contributed by atoms with E-state index in [-0.39, 0.29) is 29.2 Å². The molecule has 0 saturated heterocycles. The van der Waals surface area contributed by atoms with Crippen molar-refractivity contribution in [2.24, 2.45) is 5.92 Å². The van der Waals surface area contributed by atoms with Crippen molar-refractivity contribution in [3.8, 4) is 0 Å². The minimum atomic E-state index is -0.378. The Kier molecular flexibility index (Phi) is 4.42. The topological polar surface area (TPSA) is 88.9 Å². The third-order valence-corrected chi connectivity index (χ3v) is 4.53. The highest BCUT2D eigenvalue weighted by Crippen LogP contribution is 2.16.